The number of benzene rings is 2. The summed E-state index contributed by atoms with van der Waals surface area (Å²) in [5.41, 5.74) is -0.225. The average Bonchev–Trinajstić information content (AvgIpc) is 2.72. The van der Waals surface area contributed by atoms with Crippen molar-refractivity contribution in [1.29, 1.82) is 0 Å². The molecule has 1 N–H and O–H groups in total. The maximum absolute atomic E-state index is 13.8. The first-order valence-electron chi connectivity index (χ1n) is 8.89. The van der Waals surface area contributed by atoms with Crippen molar-refractivity contribution in [2.45, 2.75) is 18.9 Å². The first kappa shape index (κ1) is 21.0. The van der Waals surface area contributed by atoms with Crippen LogP contribution in [-0.2, 0) is 0 Å². The summed E-state index contributed by atoms with van der Waals surface area (Å²) in [6.45, 7) is 0.694. The number of halogens is 4. The molecule has 0 spiro atoms. The van der Waals surface area contributed by atoms with E-state index in [2.05, 4.69) is 5.32 Å². The van der Waals surface area contributed by atoms with Crippen LogP contribution in [0.1, 0.15) is 33.6 Å². The Kier molecular flexibility index (Phi) is 6.32. The van der Waals surface area contributed by atoms with Crippen LogP contribution < -0.4 is 10.1 Å². The molecule has 1 saturated heterocycles. The van der Waals surface area contributed by atoms with E-state index in [0.29, 0.717) is 48.3 Å². The summed E-state index contributed by atoms with van der Waals surface area (Å²) in [5, 5.41) is 3.01. The number of hydrogen-bond acceptors (Lipinski definition) is 3. The Hall–Kier alpha value is -2.74. The van der Waals surface area contributed by atoms with Gasteiger partial charge in [-0.2, -0.15) is 0 Å². The molecule has 0 saturated carbocycles. The second-order valence-electron chi connectivity index (χ2n) is 6.61. The smallest absolute Gasteiger partial charge is 0.257 e. The van der Waals surface area contributed by atoms with E-state index < -0.39 is 28.9 Å². The molecule has 2 aromatic carbocycles. The molecule has 0 radical (unpaired) electrons. The van der Waals surface area contributed by atoms with Crippen LogP contribution in [-0.4, -0.2) is 43.0 Å². The number of carbonyl (C=O) groups is 2. The van der Waals surface area contributed by atoms with Crippen LogP contribution in [0.4, 0.5) is 13.2 Å². The van der Waals surface area contributed by atoms with E-state index in [1.807, 2.05) is 0 Å². The summed E-state index contributed by atoms with van der Waals surface area (Å²) < 4.78 is 45.3. The maximum atomic E-state index is 13.8. The highest BCUT2D eigenvalue weighted by Gasteiger charge is 2.28. The third-order valence-electron chi connectivity index (χ3n) is 4.79. The predicted molar refractivity (Wildman–Crippen MR) is 101 cm³/mol. The monoisotopic (exact) mass is 426 g/mol. The van der Waals surface area contributed by atoms with Crippen molar-refractivity contribution < 1.29 is 27.5 Å². The lowest BCUT2D eigenvalue weighted by Crippen LogP contribution is -2.46. The van der Waals surface area contributed by atoms with E-state index in [9.17, 15) is 22.8 Å². The Morgan fingerprint density at radius 3 is 2.41 bits per heavy atom. The minimum atomic E-state index is -1.69. The molecule has 29 heavy (non-hydrogen) atoms. The summed E-state index contributed by atoms with van der Waals surface area (Å²) in [6, 6.07) is 6.03. The molecule has 1 aliphatic heterocycles. The lowest BCUT2D eigenvalue weighted by Gasteiger charge is -2.32. The van der Waals surface area contributed by atoms with Crippen molar-refractivity contribution in [2.24, 2.45) is 0 Å². The van der Waals surface area contributed by atoms with Gasteiger partial charge in [0.1, 0.15) is 5.75 Å². The van der Waals surface area contributed by atoms with E-state index in [-0.39, 0.29) is 11.9 Å². The van der Waals surface area contributed by atoms with Crippen LogP contribution in [0.3, 0.4) is 0 Å². The Labute approximate surface area is 170 Å². The van der Waals surface area contributed by atoms with Crippen molar-refractivity contribution in [2.75, 3.05) is 20.2 Å². The Balaban J connectivity index is 1.62. The Bertz CT molecular complexity index is 947. The molecule has 1 heterocycles. The minimum absolute atomic E-state index is 0.249. The summed E-state index contributed by atoms with van der Waals surface area (Å²) in [5.74, 6) is -5.24. The number of nitrogens with zero attached hydrogens (tertiary/aromatic N) is 1. The number of likely N-dealkylation sites (tertiary alicyclic amines) is 1. The lowest BCUT2D eigenvalue weighted by molar-refractivity contribution is 0.0694. The first-order valence-corrected chi connectivity index (χ1v) is 9.26. The highest BCUT2D eigenvalue weighted by molar-refractivity contribution is 6.31. The summed E-state index contributed by atoms with van der Waals surface area (Å²) in [4.78, 5) is 26.6. The fraction of sp³-hybridized carbons (Fsp3) is 0.300. The summed E-state index contributed by atoms with van der Waals surface area (Å²) in [7, 11) is 1.46. The Morgan fingerprint density at radius 2 is 1.76 bits per heavy atom. The van der Waals surface area contributed by atoms with E-state index in [0.717, 1.165) is 6.07 Å². The van der Waals surface area contributed by atoms with Crippen molar-refractivity contribution in [1.82, 2.24) is 10.2 Å². The van der Waals surface area contributed by atoms with Crippen molar-refractivity contribution >= 4 is 23.4 Å². The van der Waals surface area contributed by atoms with Gasteiger partial charge < -0.3 is 15.0 Å². The van der Waals surface area contributed by atoms with Crippen molar-refractivity contribution in [3.05, 3.63) is 63.9 Å². The number of rotatable bonds is 4. The number of piperidine rings is 1. The molecule has 2 aromatic rings. The Morgan fingerprint density at radius 1 is 1.07 bits per heavy atom. The second-order valence-corrected chi connectivity index (χ2v) is 7.04. The minimum Gasteiger partial charge on any atom is -0.496 e. The predicted octanol–water partition coefficient (Wildman–Crippen LogP) is 3.80. The van der Waals surface area contributed by atoms with Gasteiger partial charge >= 0.3 is 0 Å². The zero-order valence-electron chi connectivity index (χ0n) is 15.5. The highest BCUT2D eigenvalue weighted by Crippen LogP contribution is 2.25. The number of ether oxygens (including phenoxy) is 1. The molecule has 1 aliphatic rings. The normalized spacial score (nSPS) is 14.6. The van der Waals surface area contributed by atoms with Crippen LogP contribution in [0.25, 0.3) is 0 Å². The van der Waals surface area contributed by atoms with Gasteiger partial charge in [-0.05, 0) is 43.2 Å². The number of nitrogens with one attached hydrogen (secondary N) is 1. The molecular weight excluding hydrogens is 409 g/mol. The lowest BCUT2D eigenvalue weighted by atomic mass is 10.0. The molecule has 0 aromatic heterocycles. The molecule has 9 heteroatoms. The zero-order valence-corrected chi connectivity index (χ0v) is 16.2. The summed E-state index contributed by atoms with van der Waals surface area (Å²) >= 11 is 5.97. The van der Waals surface area contributed by atoms with E-state index in [4.69, 9.17) is 16.3 Å². The number of carbonyl (C=O) groups excluding carboxylic acids is 2. The SMILES string of the molecule is COc1ccc(Cl)cc1C(=O)N1CCC(NC(=O)c2ccc(F)c(F)c2F)CC1. The van der Waals surface area contributed by atoms with Gasteiger partial charge in [0.25, 0.3) is 11.8 Å². The molecule has 3 rings (SSSR count). The quantitative estimate of drug-likeness (QED) is 0.756. The van der Waals surface area contributed by atoms with Crippen LogP contribution >= 0.6 is 11.6 Å². The van der Waals surface area contributed by atoms with Crippen LogP contribution in [0.2, 0.25) is 5.02 Å². The van der Waals surface area contributed by atoms with Gasteiger partial charge in [0.2, 0.25) is 0 Å². The molecule has 0 unspecified atom stereocenters. The molecule has 0 atom stereocenters. The fourth-order valence-electron chi connectivity index (χ4n) is 3.21. The van der Waals surface area contributed by atoms with Crippen molar-refractivity contribution in [3.63, 3.8) is 0 Å². The standard InChI is InChI=1S/C20H18ClF3N2O3/c1-29-16-5-2-11(21)10-14(16)20(28)26-8-6-12(7-9-26)25-19(27)13-3-4-15(22)18(24)17(13)23/h2-5,10,12H,6-9H2,1H3,(H,25,27). The van der Waals surface area contributed by atoms with Crippen LogP contribution in [0.15, 0.2) is 30.3 Å². The van der Waals surface area contributed by atoms with Gasteiger partial charge in [0, 0.05) is 24.2 Å². The van der Waals surface area contributed by atoms with Crippen molar-refractivity contribution in [3.8, 4) is 5.75 Å². The molecule has 5 nitrogen and oxygen atoms in total. The van der Waals surface area contributed by atoms with Crippen LogP contribution in [0.5, 0.6) is 5.75 Å². The topological polar surface area (TPSA) is 58.6 Å². The van der Waals surface area contributed by atoms with Gasteiger partial charge in [-0.3, -0.25) is 9.59 Å². The zero-order chi connectivity index (χ0) is 21.1. The van der Waals surface area contributed by atoms with Crippen LogP contribution in [0, 0.1) is 17.5 Å². The summed E-state index contributed by atoms with van der Waals surface area (Å²) in [6.07, 6.45) is 0.845. The molecule has 2 amide bonds. The fourth-order valence-corrected chi connectivity index (χ4v) is 3.38. The van der Waals surface area contributed by atoms with E-state index in [1.54, 1.807) is 17.0 Å². The third-order valence-corrected chi connectivity index (χ3v) is 5.02. The average molecular weight is 427 g/mol. The van der Waals surface area contributed by atoms with Gasteiger partial charge in [0.05, 0.1) is 18.2 Å². The van der Waals surface area contributed by atoms with Gasteiger partial charge in [-0.15, -0.1) is 0 Å². The van der Waals surface area contributed by atoms with Gasteiger partial charge in [-0.25, -0.2) is 13.2 Å². The maximum Gasteiger partial charge on any atom is 0.257 e. The van der Waals surface area contributed by atoms with E-state index in [1.165, 1.54) is 13.2 Å². The largest absolute Gasteiger partial charge is 0.496 e. The highest BCUT2D eigenvalue weighted by atomic mass is 35.5. The molecular formula is C20H18ClF3N2O3. The molecule has 0 aliphatic carbocycles. The third kappa shape index (κ3) is 4.48. The van der Waals surface area contributed by atoms with Gasteiger partial charge in [0.15, 0.2) is 17.5 Å². The molecule has 154 valence electrons. The second kappa shape index (κ2) is 8.73. The number of hydrogen-bond donors (Lipinski definition) is 1. The number of methoxy groups -OCH3 is 1. The molecule has 0 bridgehead atoms. The van der Waals surface area contributed by atoms with E-state index >= 15 is 0 Å². The first-order chi connectivity index (χ1) is 13.8. The molecule has 1 fully saturated rings. The number of amides is 2. The van der Waals surface area contributed by atoms with Gasteiger partial charge in [-0.1, -0.05) is 11.6 Å².